The van der Waals surface area contributed by atoms with E-state index >= 15 is 0 Å². The third-order valence-corrected chi connectivity index (χ3v) is 6.76. The predicted molar refractivity (Wildman–Crippen MR) is 170 cm³/mol. The van der Waals surface area contributed by atoms with Gasteiger partial charge < -0.3 is 23.7 Å². The molecule has 0 aromatic heterocycles. The van der Waals surface area contributed by atoms with Crippen LogP contribution in [0.1, 0.15) is 62.3 Å². The first-order valence-electron chi connectivity index (χ1n) is 15.0. The Balaban J connectivity index is 1.37. The summed E-state index contributed by atoms with van der Waals surface area (Å²) in [6.45, 7) is 4.06. The normalized spacial score (nSPS) is 10.5. The van der Waals surface area contributed by atoms with Crippen molar-refractivity contribution in [3.63, 3.8) is 0 Å². The molecule has 0 amide bonds. The summed E-state index contributed by atoms with van der Waals surface area (Å²) in [5, 5.41) is 0. The molecule has 0 aliphatic rings. The maximum absolute atomic E-state index is 13.7. The van der Waals surface area contributed by atoms with Crippen molar-refractivity contribution in [1.29, 1.82) is 0 Å². The van der Waals surface area contributed by atoms with E-state index in [4.69, 9.17) is 23.7 Å². The third kappa shape index (κ3) is 10.6. The van der Waals surface area contributed by atoms with Crippen LogP contribution >= 0.6 is 0 Å². The van der Waals surface area contributed by atoms with Gasteiger partial charge in [0.15, 0.2) is 11.6 Å². The zero-order valence-electron chi connectivity index (χ0n) is 25.8. The Morgan fingerprint density at radius 2 is 1.29 bits per heavy atom. The molecule has 0 saturated heterocycles. The topological polar surface area (TPSA) is 114 Å². The summed E-state index contributed by atoms with van der Waals surface area (Å²) in [5.41, 5.74) is 0.376. The van der Waals surface area contributed by atoms with Crippen molar-refractivity contribution in [3.8, 4) is 17.2 Å². The van der Waals surface area contributed by atoms with Gasteiger partial charge in [-0.3, -0.25) is 0 Å². The molecule has 11 heteroatoms. The summed E-state index contributed by atoms with van der Waals surface area (Å²) in [5.74, 6) is -5.22. The number of halogens is 2. The molecule has 4 rings (SSSR count). The Morgan fingerprint density at radius 1 is 0.625 bits per heavy atom. The van der Waals surface area contributed by atoms with Crippen LogP contribution < -0.4 is 14.2 Å². The first kappa shape index (κ1) is 35.0. The first-order chi connectivity index (χ1) is 23.2. The zero-order valence-corrected chi connectivity index (χ0v) is 25.8. The Bertz CT molecular complexity index is 1740. The molecule has 0 saturated carbocycles. The lowest BCUT2D eigenvalue weighted by atomic mass is 10.1. The van der Waals surface area contributed by atoms with Gasteiger partial charge in [-0.1, -0.05) is 36.9 Å². The number of carbonyl (C=O) groups is 4. The predicted octanol–water partition coefficient (Wildman–Crippen LogP) is 7.43. The molecular formula is C37H32F2O9. The van der Waals surface area contributed by atoms with E-state index in [1.165, 1.54) is 30.3 Å². The van der Waals surface area contributed by atoms with Crippen LogP contribution in [0, 0.1) is 11.6 Å². The Kier molecular flexibility index (Phi) is 12.9. The lowest BCUT2D eigenvalue weighted by Crippen LogP contribution is -2.14. The number of hydrogen-bond donors (Lipinski definition) is 0. The summed E-state index contributed by atoms with van der Waals surface area (Å²) in [4.78, 5) is 49.7. The molecule has 0 bridgehead atoms. The number of unbranched alkanes of at least 4 members (excludes halogenated alkanes) is 3. The molecule has 0 spiro atoms. The maximum Gasteiger partial charge on any atom is 0.343 e. The fourth-order valence-electron chi connectivity index (χ4n) is 4.24. The fraction of sp³-hybridized carbons (Fsp3) is 0.189. The Labute approximate surface area is 275 Å². The van der Waals surface area contributed by atoms with E-state index in [9.17, 15) is 28.0 Å². The fourth-order valence-corrected chi connectivity index (χ4v) is 4.24. The maximum atomic E-state index is 13.7. The van der Waals surface area contributed by atoms with E-state index in [1.807, 2.05) is 0 Å². The zero-order chi connectivity index (χ0) is 34.3. The van der Waals surface area contributed by atoms with Crippen LogP contribution in [0.15, 0.2) is 104 Å². The van der Waals surface area contributed by atoms with E-state index in [0.717, 1.165) is 43.9 Å². The second-order valence-corrected chi connectivity index (χ2v) is 10.3. The smallest absolute Gasteiger partial charge is 0.343 e. The summed E-state index contributed by atoms with van der Waals surface area (Å²) >= 11 is 0. The van der Waals surface area contributed by atoms with E-state index in [0.29, 0.717) is 30.6 Å². The monoisotopic (exact) mass is 658 g/mol. The highest BCUT2D eigenvalue weighted by Gasteiger charge is 2.21. The van der Waals surface area contributed by atoms with Crippen LogP contribution in [-0.2, 0) is 20.9 Å². The lowest BCUT2D eigenvalue weighted by Gasteiger charge is -2.13. The molecule has 248 valence electrons. The number of benzene rings is 4. The summed E-state index contributed by atoms with van der Waals surface area (Å²) < 4.78 is 53.9. The first-order valence-corrected chi connectivity index (χ1v) is 15.0. The molecule has 0 unspecified atom stereocenters. The van der Waals surface area contributed by atoms with Crippen LogP contribution in [0.25, 0.3) is 0 Å². The second-order valence-electron chi connectivity index (χ2n) is 10.3. The largest absolute Gasteiger partial charge is 0.494 e. The standard InChI is InChI=1S/C37H32F2O9/c1-2-34(40)45-21-9-4-3-8-20-44-28-15-12-26(13-16-28)35(41)47-29-17-19-33(48-36(42)27-14-18-31(38)32(39)22-27)30(23-29)37(43)46-24-25-10-6-5-7-11-25/h2,5-7,10-19,22-23H,1,3-4,8-9,20-21,24H2. The lowest BCUT2D eigenvalue weighted by molar-refractivity contribution is -0.137. The number of rotatable bonds is 16. The van der Waals surface area contributed by atoms with Gasteiger partial charge in [-0.2, -0.15) is 0 Å². The van der Waals surface area contributed by atoms with Gasteiger partial charge in [-0.05, 0) is 91.9 Å². The van der Waals surface area contributed by atoms with Crippen molar-refractivity contribution in [3.05, 3.63) is 138 Å². The molecule has 0 fully saturated rings. The number of hydrogen-bond acceptors (Lipinski definition) is 9. The van der Waals surface area contributed by atoms with Crippen molar-refractivity contribution >= 4 is 23.9 Å². The Hall–Kier alpha value is -5.84. The average Bonchev–Trinajstić information content (AvgIpc) is 3.10. The molecule has 0 N–H and O–H groups in total. The third-order valence-electron chi connectivity index (χ3n) is 6.76. The van der Waals surface area contributed by atoms with Gasteiger partial charge in [0.2, 0.25) is 0 Å². The van der Waals surface area contributed by atoms with E-state index in [-0.39, 0.29) is 34.8 Å². The van der Waals surface area contributed by atoms with Crippen LogP contribution in [0.2, 0.25) is 0 Å². The van der Waals surface area contributed by atoms with Gasteiger partial charge in [0.05, 0.1) is 24.3 Å². The number of carbonyl (C=O) groups excluding carboxylic acids is 4. The van der Waals surface area contributed by atoms with E-state index in [1.54, 1.807) is 42.5 Å². The molecule has 0 radical (unpaired) electrons. The van der Waals surface area contributed by atoms with Crippen molar-refractivity contribution in [2.45, 2.75) is 32.3 Å². The quantitative estimate of drug-likeness (QED) is 0.0525. The second kappa shape index (κ2) is 17.7. The minimum Gasteiger partial charge on any atom is -0.494 e. The molecule has 4 aromatic carbocycles. The highest BCUT2D eigenvalue weighted by Crippen LogP contribution is 2.28. The number of ether oxygens (including phenoxy) is 5. The van der Waals surface area contributed by atoms with Gasteiger partial charge in [-0.25, -0.2) is 28.0 Å². The van der Waals surface area contributed by atoms with Crippen LogP contribution in [-0.4, -0.2) is 37.1 Å². The van der Waals surface area contributed by atoms with Crippen molar-refractivity contribution < 1.29 is 51.6 Å². The molecule has 48 heavy (non-hydrogen) atoms. The SMILES string of the molecule is C=CC(=O)OCCCCCCOc1ccc(C(=O)Oc2ccc(OC(=O)c3ccc(F)c(F)c3)c(C(=O)OCc3ccccc3)c2)cc1. The summed E-state index contributed by atoms with van der Waals surface area (Å²) in [6.07, 6.45) is 4.44. The Morgan fingerprint density at radius 3 is 2.00 bits per heavy atom. The van der Waals surface area contributed by atoms with E-state index < -0.39 is 35.5 Å². The number of esters is 4. The van der Waals surface area contributed by atoms with Gasteiger partial charge >= 0.3 is 23.9 Å². The molecule has 0 aliphatic heterocycles. The van der Waals surface area contributed by atoms with Crippen molar-refractivity contribution in [1.82, 2.24) is 0 Å². The minimum absolute atomic E-state index is 0.0427. The summed E-state index contributed by atoms with van der Waals surface area (Å²) in [7, 11) is 0. The molecular weight excluding hydrogens is 626 g/mol. The van der Waals surface area contributed by atoms with Gasteiger partial charge in [0.1, 0.15) is 29.4 Å². The highest BCUT2D eigenvalue weighted by atomic mass is 19.2. The average molecular weight is 659 g/mol. The van der Waals surface area contributed by atoms with Crippen molar-refractivity contribution in [2.24, 2.45) is 0 Å². The molecule has 4 aromatic rings. The molecule has 9 nitrogen and oxygen atoms in total. The highest BCUT2D eigenvalue weighted by molar-refractivity contribution is 5.97. The van der Waals surface area contributed by atoms with Crippen LogP contribution in [0.5, 0.6) is 17.2 Å². The van der Waals surface area contributed by atoms with Crippen LogP contribution in [0.3, 0.4) is 0 Å². The van der Waals surface area contributed by atoms with E-state index in [2.05, 4.69) is 6.58 Å². The molecule has 0 heterocycles. The molecule has 0 atom stereocenters. The van der Waals surface area contributed by atoms with Crippen molar-refractivity contribution in [2.75, 3.05) is 13.2 Å². The van der Waals surface area contributed by atoms with Crippen LogP contribution in [0.4, 0.5) is 8.78 Å². The van der Waals surface area contributed by atoms with Gasteiger partial charge in [0.25, 0.3) is 0 Å². The minimum atomic E-state index is -1.24. The summed E-state index contributed by atoms with van der Waals surface area (Å²) in [6, 6.07) is 21.3. The van der Waals surface area contributed by atoms with Gasteiger partial charge in [-0.15, -0.1) is 0 Å². The van der Waals surface area contributed by atoms with Gasteiger partial charge in [0, 0.05) is 6.08 Å². The molecule has 0 aliphatic carbocycles.